The summed E-state index contributed by atoms with van der Waals surface area (Å²) in [5.74, 6) is -0.176. The lowest BCUT2D eigenvalue weighted by atomic mass is 10.2. The van der Waals surface area contributed by atoms with Gasteiger partial charge in [-0.1, -0.05) is 6.07 Å². The molecule has 9 heteroatoms. The molecule has 136 valence electrons. The van der Waals surface area contributed by atoms with Gasteiger partial charge in [0.1, 0.15) is 11.4 Å². The van der Waals surface area contributed by atoms with Crippen molar-refractivity contribution in [1.29, 1.82) is 0 Å². The second-order valence-electron chi connectivity index (χ2n) is 5.37. The van der Waals surface area contributed by atoms with Gasteiger partial charge in [0, 0.05) is 15.4 Å². The highest BCUT2D eigenvalue weighted by Gasteiger charge is 2.18. The third-order valence-electron chi connectivity index (χ3n) is 3.33. The number of benzene rings is 1. The Balaban J connectivity index is 1.98. The van der Waals surface area contributed by atoms with Gasteiger partial charge in [0.05, 0.1) is 24.5 Å². The van der Waals surface area contributed by atoms with Crippen molar-refractivity contribution in [2.75, 3.05) is 19.5 Å². The number of anilines is 1. The smallest absolute Gasteiger partial charge is 0.282 e. The number of carbonyl (C=O) groups is 2. The van der Waals surface area contributed by atoms with E-state index >= 15 is 0 Å². The first kappa shape index (κ1) is 19.3. The van der Waals surface area contributed by atoms with Crippen LogP contribution in [0.25, 0.3) is 0 Å². The van der Waals surface area contributed by atoms with E-state index < -0.39 is 0 Å². The molecule has 1 aromatic carbocycles. The van der Waals surface area contributed by atoms with E-state index in [4.69, 9.17) is 4.74 Å². The number of methoxy groups -OCH3 is 1. The van der Waals surface area contributed by atoms with Crippen LogP contribution in [-0.4, -0.2) is 36.4 Å². The minimum absolute atomic E-state index is 0.0290. The molecule has 2 amide bonds. The van der Waals surface area contributed by atoms with E-state index in [9.17, 15) is 14.5 Å². The van der Waals surface area contributed by atoms with E-state index in [0.717, 1.165) is 0 Å². The van der Waals surface area contributed by atoms with Gasteiger partial charge >= 0.3 is 0 Å². The van der Waals surface area contributed by atoms with Crippen molar-refractivity contribution in [2.24, 2.45) is 5.10 Å². The summed E-state index contributed by atoms with van der Waals surface area (Å²) in [5, 5.41) is 8.37. The molecular weight excluding hydrogens is 356 g/mol. The maximum Gasteiger partial charge on any atom is 0.282 e. The predicted octanol–water partition coefficient (Wildman–Crippen LogP) is 2.93. The maximum absolute atomic E-state index is 12.2. The number of hydrogen-bond donors (Lipinski definition) is 2. The molecule has 0 unspecified atom stereocenters. The van der Waals surface area contributed by atoms with E-state index in [-0.39, 0.29) is 23.9 Å². The van der Waals surface area contributed by atoms with E-state index in [1.54, 1.807) is 36.6 Å². The van der Waals surface area contributed by atoms with Crippen LogP contribution in [-0.2, 0) is 4.79 Å². The summed E-state index contributed by atoms with van der Waals surface area (Å²) in [4.78, 5) is 36.2. The Bertz CT molecular complexity index is 846. The van der Waals surface area contributed by atoms with Crippen molar-refractivity contribution >= 4 is 40.2 Å². The molecule has 0 aliphatic heterocycles. The van der Waals surface area contributed by atoms with Crippen molar-refractivity contribution < 1.29 is 19.1 Å². The maximum atomic E-state index is 12.2. The summed E-state index contributed by atoms with van der Waals surface area (Å²) in [6, 6.07) is 8.21. The number of thiophene rings is 1. The molecule has 8 nitrogen and oxygen atoms in total. The average Bonchev–Trinajstić information content (AvgIpc) is 3.14. The molecule has 0 aliphatic carbocycles. The van der Waals surface area contributed by atoms with Crippen molar-refractivity contribution in [3.05, 3.63) is 45.5 Å². The van der Waals surface area contributed by atoms with Crippen molar-refractivity contribution in [3.8, 4) is 5.75 Å². The highest BCUT2D eigenvalue weighted by Crippen LogP contribution is 2.28. The molecule has 1 heterocycles. The van der Waals surface area contributed by atoms with Crippen LogP contribution in [0.3, 0.4) is 0 Å². The zero-order valence-corrected chi connectivity index (χ0v) is 15.4. The fourth-order valence-corrected chi connectivity index (χ4v) is 2.69. The predicted molar refractivity (Wildman–Crippen MR) is 100 cm³/mol. The van der Waals surface area contributed by atoms with Gasteiger partial charge in [0.2, 0.25) is 5.91 Å². The largest absolute Gasteiger partial charge is 0.497 e. The Morgan fingerprint density at radius 3 is 2.69 bits per heavy atom. The second-order valence-corrected chi connectivity index (χ2v) is 6.32. The molecule has 0 aliphatic rings. The zero-order chi connectivity index (χ0) is 19.1. The number of nitrogens with one attached hydrogen (secondary N) is 2. The van der Waals surface area contributed by atoms with Crippen molar-refractivity contribution in [3.63, 3.8) is 0 Å². The molecular formula is C17H19N4O4S+. The third-order valence-corrected chi connectivity index (χ3v) is 4.20. The first-order valence-electron chi connectivity index (χ1n) is 7.66. The van der Waals surface area contributed by atoms with Crippen LogP contribution in [0.1, 0.15) is 23.0 Å². The Kier molecular flexibility index (Phi) is 6.56. The first-order valence-corrected chi connectivity index (χ1v) is 8.54. The Hall–Kier alpha value is -3.07. The van der Waals surface area contributed by atoms with Crippen LogP contribution in [0.2, 0.25) is 0 Å². The lowest BCUT2D eigenvalue weighted by Crippen LogP contribution is -2.21. The van der Waals surface area contributed by atoms with Crippen LogP contribution in [0, 0.1) is 4.91 Å². The molecule has 2 aromatic rings. The van der Waals surface area contributed by atoms with Gasteiger partial charge in [-0.25, -0.2) is 5.43 Å². The van der Waals surface area contributed by atoms with Crippen LogP contribution < -0.4 is 15.5 Å². The molecule has 0 spiro atoms. The summed E-state index contributed by atoms with van der Waals surface area (Å²) in [6.45, 7) is 1.63. The highest BCUT2D eigenvalue weighted by atomic mass is 32.1. The molecule has 0 saturated heterocycles. The zero-order valence-electron chi connectivity index (χ0n) is 14.6. The van der Waals surface area contributed by atoms with E-state index in [2.05, 4.69) is 15.8 Å². The number of nitrogens with zero attached hydrogens (tertiary/aromatic N) is 2. The third kappa shape index (κ3) is 5.21. The number of hydrazone groups is 1. The minimum atomic E-state index is -0.357. The topological polar surface area (TPSA) is 99.9 Å². The molecule has 2 N–H and O–H groups in total. The van der Waals surface area contributed by atoms with Crippen LogP contribution in [0.15, 0.2) is 40.8 Å². The molecule has 0 bridgehead atoms. The van der Waals surface area contributed by atoms with Gasteiger partial charge < -0.3 is 10.1 Å². The lowest BCUT2D eigenvalue weighted by molar-refractivity contribution is -0.427. The number of hydrogen-bond acceptors (Lipinski definition) is 6. The molecule has 1 aromatic heterocycles. The van der Waals surface area contributed by atoms with Gasteiger partial charge in [0.25, 0.3) is 11.6 Å². The normalized spacial score (nSPS) is 11.0. The van der Waals surface area contributed by atoms with Gasteiger partial charge in [-0.05, 0) is 30.5 Å². The van der Waals surface area contributed by atoms with E-state index in [1.807, 2.05) is 0 Å². The average molecular weight is 375 g/mol. The molecule has 0 saturated carbocycles. The van der Waals surface area contributed by atoms with Crippen LogP contribution in [0.5, 0.6) is 5.75 Å². The summed E-state index contributed by atoms with van der Waals surface area (Å²) >= 11 is 1.30. The quantitative estimate of drug-likeness (QED) is 0.441. The SMILES string of the molecule is COc1ccc(NC(=O)C/C(C)=N/NC(=O)c2cccs2)c([N+](C)=O)c1. The molecule has 0 atom stereocenters. The number of rotatable bonds is 7. The van der Waals surface area contributed by atoms with Crippen molar-refractivity contribution in [2.45, 2.75) is 13.3 Å². The van der Waals surface area contributed by atoms with Gasteiger partial charge in [0.15, 0.2) is 7.05 Å². The second kappa shape index (κ2) is 8.86. The summed E-state index contributed by atoms with van der Waals surface area (Å²) < 4.78 is 5.72. The van der Waals surface area contributed by atoms with Gasteiger partial charge in [-0.3, -0.25) is 9.59 Å². The van der Waals surface area contributed by atoms with Crippen molar-refractivity contribution in [1.82, 2.24) is 5.43 Å². The molecule has 26 heavy (non-hydrogen) atoms. The molecule has 2 rings (SSSR count). The minimum Gasteiger partial charge on any atom is -0.497 e. The Labute approximate surface area is 154 Å². The fourth-order valence-electron chi connectivity index (χ4n) is 2.08. The highest BCUT2D eigenvalue weighted by molar-refractivity contribution is 7.12. The monoisotopic (exact) mass is 375 g/mol. The number of amides is 2. The summed E-state index contributed by atoms with van der Waals surface area (Å²) in [5.41, 5.74) is 3.47. The fraction of sp³-hybridized carbons (Fsp3) is 0.235. The Morgan fingerprint density at radius 1 is 1.31 bits per heavy atom. The lowest BCUT2D eigenvalue weighted by Gasteiger charge is -2.07. The number of ether oxygens (including phenoxy) is 1. The molecule has 0 fully saturated rings. The summed E-state index contributed by atoms with van der Waals surface area (Å²) in [6.07, 6.45) is -0.0290. The van der Waals surface area contributed by atoms with Gasteiger partial charge in [-0.15, -0.1) is 11.3 Å². The number of nitroso groups, excluding NO2 is 1. The van der Waals surface area contributed by atoms with E-state index in [0.29, 0.717) is 26.8 Å². The standard InChI is InChI=1S/C17H18N4O4S/c1-11(19-20-17(23)15-5-4-8-26-15)9-16(22)18-13-7-6-12(25-3)10-14(13)21(2)24/h4-8,10H,9H2,1-3H3,(H-,18,20,22,23,24)/p+1/b19-11+. The summed E-state index contributed by atoms with van der Waals surface area (Å²) in [7, 11) is 2.82. The Morgan fingerprint density at radius 2 is 2.08 bits per heavy atom. The number of carbonyl (C=O) groups excluding carboxylic acids is 2. The van der Waals surface area contributed by atoms with E-state index in [1.165, 1.54) is 31.6 Å². The van der Waals surface area contributed by atoms with Crippen LogP contribution >= 0.6 is 11.3 Å². The van der Waals surface area contributed by atoms with Gasteiger partial charge in [-0.2, -0.15) is 5.10 Å². The molecule has 0 radical (unpaired) electrons. The first-order chi connectivity index (χ1) is 12.4. The van der Waals surface area contributed by atoms with Crippen LogP contribution in [0.4, 0.5) is 11.4 Å².